The van der Waals surface area contributed by atoms with E-state index in [0.717, 1.165) is 33.4 Å². The molecule has 0 saturated carbocycles. The Hall–Kier alpha value is -1.68. The standard InChI is InChI=1S/C15H15BrN3/c1-3-19-8-11(7-12(16)9-19)15-17-13-5-4-10(2)6-14(13)18-15/h4-9H,3H2,1-2H3,(H,17,18)/q+1. The molecule has 0 fully saturated rings. The first kappa shape index (κ1) is 12.4. The summed E-state index contributed by atoms with van der Waals surface area (Å²) in [5.74, 6) is 0.907. The Morgan fingerprint density at radius 2 is 2.11 bits per heavy atom. The summed E-state index contributed by atoms with van der Waals surface area (Å²) in [7, 11) is 0. The normalized spacial score (nSPS) is 11.1. The summed E-state index contributed by atoms with van der Waals surface area (Å²) in [5, 5.41) is 0. The summed E-state index contributed by atoms with van der Waals surface area (Å²) in [6.45, 7) is 5.15. The molecule has 2 aromatic heterocycles. The third kappa shape index (κ3) is 2.40. The summed E-state index contributed by atoms with van der Waals surface area (Å²) in [5.41, 5.74) is 4.41. The van der Waals surface area contributed by atoms with Crippen LogP contribution in [0.15, 0.2) is 41.1 Å². The first-order valence-electron chi connectivity index (χ1n) is 6.32. The number of imidazole rings is 1. The summed E-state index contributed by atoms with van der Waals surface area (Å²) < 4.78 is 3.20. The number of nitrogens with zero attached hydrogens (tertiary/aromatic N) is 2. The Morgan fingerprint density at radius 1 is 1.26 bits per heavy atom. The molecular weight excluding hydrogens is 302 g/mol. The van der Waals surface area contributed by atoms with Gasteiger partial charge in [-0.15, -0.1) is 0 Å². The van der Waals surface area contributed by atoms with Crippen molar-refractivity contribution in [2.75, 3.05) is 0 Å². The number of H-pyrrole nitrogens is 1. The second-order valence-electron chi connectivity index (χ2n) is 4.68. The lowest BCUT2D eigenvalue weighted by Crippen LogP contribution is -2.31. The molecule has 0 amide bonds. The third-order valence-electron chi connectivity index (χ3n) is 3.16. The largest absolute Gasteiger partial charge is 0.338 e. The predicted molar refractivity (Wildman–Crippen MR) is 79.8 cm³/mol. The SMILES string of the molecule is CC[n+]1cc(Br)cc(-c2nc3ccc(C)cc3[nH]2)c1. The van der Waals surface area contributed by atoms with E-state index in [1.54, 1.807) is 0 Å². The Bertz CT molecular complexity index is 746. The third-order valence-corrected chi connectivity index (χ3v) is 3.60. The molecule has 0 spiro atoms. The molecule has 0 aliphatic rings. The zero-order valence-electron chi connectivity index (χ0n) is 10.9. The highest BCUT2D eigenvalue weighted by Crippen LogP contribution is 2.22. The fourth-order valence-corrected chi connectivity index (χ4v) is 2.68. The van der Waals surface area contributed by atoms with Crippen molar-refractivity contribution in [2.45, 2.75) is 20.4 Å². The fourth-order valence-electron chi connectivity index (χ4n) is 2.17. The van der Waals surface area contributed by atoms with Gasteiger partial charge in [-0.25, -0.2) is 9.55 Å². The van der Waals surface area contributed by atoms with Gasteiger partial charge in [-0.1, -0.05) is 6.07 Å². The van der Waals surface area contributed by atoms with Crippen molar-refractivity contribution < 1.29 is 4.57 Å². The molecule has 1 N–H and O–H groups in total. The second-order valence-corrected chi connectivity index (χ2v) is 5.59. The van der Waals surface area contributed by atoms with Crippen LogP contribution in [-0.4, -0.2) is 9.97 Å². The number of fused-ring (bicyclic) bond motifs is 1. The van der Waals surface area contributed by atoms with E-state index in [1.807, 2.05) is 0 Å². The van der Waals surface area contributed by atoms with E-state index in [1.165, 1.54) is 5.56 Å². The van der Waals surface area contributed by atoms with Crippen molar-refractivity contribution in [3.8, 4) is 11.4 Å². The van der Waals surface area contributed by atoms with Gasteiger partial charge in [-0.3, -0.25) is 0 Å². The van der Waals surface area contributed by atoms with Crippen LogP contribution in [0.5, 0.6) is 0 Å². The molecule has 0 saturated heterocycles. The number of aryl methyl sites for hydroxylation is 2. The van der Waals surface area contributed by atoms with E-state index in [2.05, 4.69) is 81.0 Å². The van der Waals surface area contributed by atoms with Crippen molar-refractivity contribution in [2.24, 2.45) is 0 Å². The molecule has 2 heterocycles. The number of nitrogens with one attached hydrogen (secondary N) is 1. The lowest BCUT2D eigenvalue weighted by molar-refractivity contribution is -0.693. The van der Waals surface area contributed by atoms with Gasteiger partial charge >= 0.3 is 0 Å². The summed E-state index contributed by atoms with van der Waals surface area (Å²) in [4.78, 5) is 8.04. The van der Waals surface area contributed by atoms with Gasteiger partial charge in [0.2, 0.25) is 0 Å². The predicted octanol–water partition coefficient (Wildman–Crippen LogP) is 3.61. The van der Waals surface area contributed by atoms with Gasteiger partial charge in [0.05, 0.1) is 21.1 Å². The summed E-state index contributed by atoms with van der Waals surface area (Å²) in [6, 6.07) is 8.34. The monoisotopic (exact) mass is 316 g/mol. The van der Waals surface area contributed by atoms with Crippen LogP contribution in [0.4, 0.5) is 0 Å². The maximum absolute atomic E-state index is 4.65. The van der Waals surface area contributed by atoms with Crippen molar-refractivity contribution in [3.05, 3.63) is 46.7 Å². The van der Waals surface area contributed by atoms with Gasteiger partial charge in [-0.2, -0.15) is 0 Å². The van der Waals surface area contributed by atoms with Crippen molar-refractivity contribution in [1.82, 2.24) is 9.97 Å². The van der Waals surface area contributed by atoms with Gasteiger partial charge in [0, 0.05) is 0 Å². The quantitative estimate of drug-likeness (QED) is 0.720. The number of benzene rings is 1. The van der Waals surface area contributed by atoms with Crippen molar-refractivity contribution in [3.63, 3.8) is 0 Å². The summed E-state index contributed by atoms with van der Waals surface area (Å²) in [6.07, 6.45) is 4.17. The van der Waals surface area contributed by atoms with Crippen LogP contribution in [0, 0.1) is 6.92 Å². The van der Waals surface area contributed by atoms with E-state index in [4.69, 9.17) is 0 Å². The van der Waals surface area contributed by atoms with Crippen molar-refractivity contribution >= 4 is 27.0 Å². The average Bonchev–Trinajstić information content (AvgIpc) is 2.80. The molecule has 96 valence electrons. The van der Waals surface area contributed by atoms with E-state index < -0.39 is 0 Å². The van der Waals surface area contributed by atoms with Gasteiger partial charge in [-0.05, 0) is 53.5 Å². The van der Waals surface area contributed by atoms with Crippen LogP contribution in [0.3, 0.4) is 0 Å². The van der Waals surface area contributed by atoms with E-state index in [0.29, 0.717) is 0 Å². The number of aromatic nitrogens is 3. The van der Waals surface area contributed by atoms with Gasteiger partial charge in [0.1, 0.15) is 12.4 Å². The molecule has 0 radical (unpaired) electrons. The number of rotatable bonds is 2. The lowest BCUT2D eigenvalue weighted by Gasteiger charge is -1.97. The van der Waals surface area contributed by atoms with Crippen LogP contribution in [0.2, 0.25) is 0 Å². The lowest BCUT2D eigenvalue weighted by atomic mass is 10.2. The minimum absolute atomic E-state index is 0.907. The number of aromatic amines is 1. The maximum atomic E-state index is 4.65. The van der Waals surface area contributed by atoms with E-state index in [9.17, 15) is 0 Å². The Morgan fingerprint density at radius 3 is 2.89 bits per heavy atom. The Kier molecular flexibility index (Phi) is 3.11. The molecular formula is C15H15BrN3+. The molecule has 3 nitrogen and oxygen atoms in total. The number of pyridine rings is 1. The Balaban J connectivity index is 2.15. The zero-order valence-corrected chi connectivity index (χ0v) is 12.5. The van der Waals surface area contributed by atoms with Crippen molar-refractivity contribution in [1.29, 1.82) is 0 Å². The minimum atomic E-state index is 0.907. The topological polar surface area (TPSA) is 32.6 Å². The molecule has 0 bridgehead atoms. The van der Waals surface area contributed by atoms with Crippen LogP contribution in [-0.2, 0) is 6.54 Å². The average molecular weight is 317 g/mol. The van der Waals surface area contributed by atoms with Crippen LogP contribution < -0.4 is 4.57 Å². The highest BCUT2D eigenvalue weighted by molar-refractivity contribution is 9.10. The summed E-state index contributed by atoms with van der Waals surface area (Å²) >= 11 is 3.54. The fraction of sp³-hybridized carbons (Fsp3) is 0.200. The molecule has 0 unspecified atom stereocenters. The maximum Gasteiger partial charge on any atom is 0.183 e. The Labute approximate surface area is 120 Å². The highest BCUT2D eigenvalue weighted by atomic mass is 79.9. The highest BCUT2D eigenvalue weighted by Gasteiger charge is 2.10. The first-order valence-corrected chi connectivity index (χ1v) is 7.11. The molecule has 0 atom stereocenters. The zero-order chi connectivity index (χ0) is 13.4. The second kappa shape index (κ2) is 4.78. The van der Waals surface area contributed by atoms with Crippen LogP contribution in [0.1, 0.15) is 12.5 Å². The molecule has 3 rings (SSSR count). The molecule has 0 aliphatic heterocycles. The number of hydrogen-bond donors (Lipinski definition) is 1. The number of halogens is 1. The number of hydrogen-bond acceptors (Lipinski definition) is 1. The van der Waals surface area contributed by atoms with E-state index in [-0.39, 0.29) is 0 Å². The molecule has 4 heteroatoms. The first-order chi connectivity index (χ1) is 9.15. The molecule has 3 aromatic rings. The smallest absolute Gasteiger partial charge is 0.183 e. The van der Waals surface area contributed by atoms with Gasteiger partial charge in [0.25, 0.3) is 0 Å². The van der Waals surface area contributed by atoms with Gasteiger partial charge < -0.3 is 4.98 Å². The van der Waals surface area contributed by atoms with Crippen LogP contribution >= 0.6 is 15.9 Å². The molecule has 0 aliphatic carbocycles. The van der Waals surface area contributed by atoms with Gasteiger partial charge in [0.15, 0.2) is 12.4 Å². The molecule has 19 heavy (non-hydrogen) atoms. The molecule has 1 aromatic carbocycles. The minimum Gasteiger partial charge on any atom is -0.338 e. The van der Waals surface area contributed by atoms with Crippen LogP contribution in [0.25, 0.3) is 22.4 Å². The van der Waals surface area contributed by atoms with E-state index >= 15 is 0 Å².